The van der Waals surface area contributed by atoms with Crippen molar-refractivity contribution in [2.75, 3.05) is 50.8 Å². The Morgan fingerprint density at radius 2 is 0.904 bits per heavy atom. The average Bonchev–Trinajstić information content (AvgIpc) is 3.04. The monoisotopic (exact) mass is 796 g/mol. The second-order valence-corrected chi connectivity index (χ2v) is 18.4. The van der Waals surface area contributed by atoms with Crippen LogP contribution in [0.25, 0.3) is 0 Å². The van der Waals surface area contributed by atoms with Crippen LogP contribution in [0, 0.1) is 35.1 Å². The van der Waals surface area contributed by atoms with Gasteiger partial charge in [-0.15, -0.1) is 0 Å². The van der Waals surface area contributed by atoms with Crippen LogP contribution in [0.15, 0.2) is 94.7 Å². The van der Waals surface area contributed by atoms with Gasteiger partial charge >= 0.3 is 0 Å². The number of rotatable bonds is 14. The lowest BCUT2D eigenvalue weighted by molar-refractivity contribution is -0.123. The summed E-state index contributed by atoms with van der Waals surface area (Å²) in [6, 6.07) is 16.7. The minimum atomic E-state index is -3.70. The van der Waals surface area contributed by atoms with Crippen LogP contribution < -0.4 is 0 Å². The van der Waals surface area contributed by atoms with E-state index in [9.17, 15) is 39.2 Å². The molecule has 2 fully saturated rings. The Kier molecular flexibility index (Phi) is 11.5. The van der Waals surface area contributed by atoms with Gasteiger partial charge in [0.15, 0.2) is 19.7 Å². The fourth-order valence-electron chi connectivity index (χ4n) is 6.97. The van der Waals surface area contributed by atoms with Crippen molar-refractivity contribution in [1.82, 2.24) is 9.80 Å². The summed E-state index contributed by atoms with van der Waals surface area (Å²) in [5, 5.41) is 0.0431. The highest BCUT2D eigenvalue weighted by molar-refractivity contribution is 7.91. The number of hydrogen-bond acceptors (Lipinski definition) is 7. The fraction of sp³-hybridized carbons (Fsp3) is 0.324. The summed E-state index contributed by atoms with van der Waals surface area (Å²) < 4.78 is 107. The van der Waals surface area contributed by atoms with Crippen molar-refractivity contribution in [1.29, 1.82) is 0 Å². The third kappa shape index (κ3) is 8.88. The van der Waals surface area contributed by atoms with Crippen molar-refractivity contribution < 1.29 is 39.2 Å². The highest BCUT2D eigenvalue weighted by Gasteiger charge is 2.40. The zero-order valence-corrected chi connectivity index (χ0v) is 30.7. The Morgan fingerprint density at radius 3 is 1.23 bits per heavy atom. The highest BCUT2D eigenvalue weighted by atomic mass is 35.5. The first-order chi connectivity index (χ1) is 24.6. The molecule has 0 saturated carbocycles. The van der Waals surface area contributed by atoms with E-state index in [4.69, 9.17) is 23.2 Å². The van der Waals surface area contributed by atoms with E-state index in [0.29, 0.717) is 37.3 Å². The number of ketones is 1. The molecule has 2 aliphatic rings. The van der Waals surface area contributed by atoms with Crippen LogP contribution in [0.1, 0.15) is 23.0 Å². The number of Topliss-reactive ketones (excluding diaryl/α,β-unsaturated/α-hetero) is 1. The van der Waals surface area contributed by atoms with Crippen molar-refractivity contribution in [2.24, 2.45) is 11.8 Å². The van der Waals surface area contributed by atoms with Crippen LogP contribution >= 0.6 is 23.2 Å². The van der Waals surface area contributed by atoms with Crippen LogP contribution in [0.5, 0.6) is 0 Å². The molecule has 276 valence electrons. The van der Waals surface area contributed by atoms with Gasteiger partial charge in [0.2, 0.25) is 0 Å². The van der Waals surface area contributed by atoms with Crippen LogP contribution in [0.4, 0.5) is 17.6 Å². The van der Waals surface area contributed by atoms with Crippen LogP contribution in [-0.2, 0) is 24.5 Å². The predicted molar refractivity (Wildman–Crippen MR) is 190 cm³/mol. The molecule has 2 heterocycles. The van der Waals surface area contributed by atoms with E-state index >= 15 is 0 Å². The van der Waals surface area contributed by atoms with Gasteiger partial charge in [0, 0.05) is 49.3 Å². The number of carbonyl (C=O) groups excluding carboxylic acids is 1. The van der Waals surface area contributed by atoms with Crippen molar-refractivity contribution in [3.05, 3.63) is 129 Å². The molecule has 0 radical (unpaired) electrons. The Balaban J connectivity index is 1.20. The summed E-state index contributed by atoms with van der Waals surface area (Å²) in [5.74, 6) is -5.37. The largest absolute Gasteiger partial charge is 0.302 e. The van der Waals surface area contributed by atoms with Crippen LogP contribution in [0.3, 0.4) is 0 Å². The normalized spacial score (nSPS) is 17.3. The molecule has 2 atom stereocenters. The zero-order valence-electron chi connectivity index (χ0n) is 27.6. The average molecular weight is 798 g/mol. The van der Waals surface area contributed by atoms with Gasteiger partial charge in [0.05, 0.1) is 33.1 Å². The van der Waals surface area contributed by atoms with Gasteiger partial charge in [0.25, 0.3) is 0 Å². The number of halogens is 6. The number of carbonyl (C=O) groups is 1. The molecule has 2 saturated heterocycles. The molecule has 0 aliphatic carbocycles. The van der Waals surface area contributed by atoms with Gasteiger partial charge in [0.1, 0.15) is 29.1 Å². The summed E-state index contributed by atoms with van der Waals surface area (Å²) >= 11 is 13.0. The van der Waals surface area contributed by atoms with Gasteiger partial charge in [-0.05, 0) is 95.8 Å². The van der Waals surface area contributed by atoms with E-state index in [-0.39, 0.29) is 62.1 Å². The molecule has 4 aromatic rings. The Hall–Kier alpha value is -3.33. The Morgan fingerprint density at radius 1 is 0.577 bits per heavy atom. The molecule has 0 N–H and O–H groups in total. The minimum Gasteiger partial charge on any atom is -0.302 e. The molecular weight excluding hydrogens is 763 g/mol. The molecule has 0 spiro atoms. The van der Waals surface area contributed by atoms with E-state index in [2.05, 4.69) is 0 Å². The number of likely N-dealkylation sites (tertiary alicyclic amines) is 2. The number of benzene rings is 4. The van der Waals surface area contributed by atoms with Gasteiger partial charge in [-0.3, -0.25) is 4.79 Å². The maximum atomic E-state index is 14.7. The summed E-state index contributed by atoms with van der Waals surface area (Å²) in [6.45, 7) is 1.57. The molecule has 0 aromatic heterocycles. The van der Waals surface area contributed by atoms with Crippen molar-refractivity contribution >= 4 is 48.7 Å². The first-order valence-electron chi connectivity index (χ1n) is 16.4. The van der Waals surface area contributed by atoms with Crippen LogP contribution in [0.2, 0.25) is 10.0 Å². The molecule has 7 nitrogen and oxygen atoms in total. The van der Waals surface area contributed by atoms with Crippen molar-refractivity contribution in [2.45, 2.75) is 21.6 Å². The molecule has 2 aliphatic heterocycles. The summed E-state index contributed by atoms with van der Waals surface area (Å²) in [6.07, 6.45) is 0. The maximum Gasteiger partial charge on any atom is 0.178 e. The van der Waals surface area contributed by atoms with E-state index < -0.39 is 54.8 Å². The minimum absolute atomic E-state index is 0.0128. The fourth-order valence-corrected chi connectivity index (χ4v) is 10.7. The molecule has 52 heavy (non-hydrogen) atoms. The smallest absolute Gasteiger partial charge is 0.178 e. The first-order valence-corrected chi connectivity index (χ1v) is 20.5. The molecule has 4 aromatic carbocycles. The molecule has 0 bridgehead atoms. The molecule has 6 rings (SSSR count). The predicted octanol–water partition coefficient (Wildman–Crippen LogP) is 6.80. The van der Waals surface area contributed by atoms with Crippen LogP contribution in [-0.4, -0.2) is 83.2 Å². The standard InChI is InChI=1S/C37H34Cl2F4N2O5S2/c38-35-13-27(42)5-11-31(35)33(19-44-15-23(16-44)21-51(47,48)29-7-1-25(40)2-8-29)37(46)34(32-12-6-28(43)14-36(32)39)20-45-17-24(18-45)22-52(49,50)30-9-3-26(41)4-10-30/h1-14,23-24,33-34H,15-22H2. The van der Waals surface area contributed by atoms with E-state index in [1.807, 2.05) is 9.80 Å². The highest BCUT2D eigenvalue weighted by Crippen LogP contribution is 2.38. The summed E-state index contributed by atoms with van der Waals surface area (Å²) in [5.41, 5.74) is 0.705. The first kappa shape index (κ1) is 38.4. The van der Waals surface area contributed by atoms with Gasteiger partial charge in [-0.25, -0.2) is 34.4 Å². The lowest BCUT2D eigenvalue weighted by atomic mass is 9.81. The second-order valence-electron chi connectivity index (χ2n) is 13.5. The maximum absolute atomic E-state index is 14.7. The molecule has 2 unspecified atom stereocenters. The van der Waals surface area contributed by atoms with E-state index in [1.165, 1.54) is 48.5 Å². The Bertz CT molecular complexity index is 2010. The summed E-state index contributed by atoms with van der Waals surface area (Å²) in [7, 11) is -7.39. The van der Waals surface area contributed by atoms with E-state index in [0.717, 1.165) is 36.4 Å². The SMILES string of the molecule is O=C(C(CN1CC(CS(=O)(=O)c2ccc(F)cc2)C1)c1ccc(F)cc1Cl)C(CN1CC(CS(=O)(=O)c2ccc(F)cc2)C1)c1ccc(F)cc1Cl. The lowest BCUT2D eigenvalue weighted by Crippen LogP contribution is -2.53. The third-order valence-electron chi connectivity index (χ3n) is 9.57. The lowest BCUT2D eigenvalue weighted by Gasteiger charge is -2.43. The number of hydrogen-bond donors (Lipinski definition) is 0. The van der Waals surface area contributed by atoms with Crippen molar-refractivity contribution in [3.8, 4) is 0 Å². The van der Waals surface area contributed by atoms with Gasteiger partial charge in [-0.1, -0.05) is 35.3 Å². The number of sulfone groups is 2. The Labute approximate surface area is 310 Å². The topological polar surface area (TPSA) is 91.8 Å². The quantitative estimate of drug-likeness (QED) is 0.103. The third-order valence-corrected chi connectivity index (χ3v) is 14.0. The molecular formula is C37H34Cl2F4N2O5S2. The zero-order chi connectivity index (χ0) is 37.4. The number of nitrogens with zero attached hydrogens (tertiary/aromatic N) is 2. The van der Waals surface area contributed by atoms with Gasteiger partial charge < -0.3 is 9.80 Å². The summed E-state index contributed by atoms with van der Waals surface area (Å²) in [4.78, 5) is 18.5. The second kappa shape index (κ2) is 15.6. The molecule has 0 amide bonds. The van der Waals surface area contributed by atoms with Gasteiger partial charge in [-0.2, -0.15) is 0 Å². The van der Waals surface area contributed by atoms with E-state index in [1.54, 1.807) is 0 Å². The molecule has 15 heteroatoms. The van der Waals surface area contributed by atoms with Crippen molar-refractivity contribution in [3.63, 3.8) is 0 Å².